The Balaban J connectivity index is 1.58. The summed E-state index contributed by atoms with van der Waals surface area (Å²) in [5, 5.41) is 37.0. The first-order chi connectivity index (χ1) is 16.4. The van der Waals surface area contributed by atoms with Gasteiger partial charge in [0, 0.05) is 24.2 Å². The summed E-state index contributed by atoms with van der Waals surface area (Å²) in [7, 11) is 0.360. The third-order valence-corrected chi connectivity index (χ3v) is 6.13. The molecule has 34 heavy (non-hydrogen) atoms. The van der Waals surface area contributed by atoms with Gasteiger partial charge in [-0.3, -0.25) is 4.79 Å². The number of nitrogens with zero attached hydrogens (tertiary/aromatic N) is 5. The van der Waals surface area contributed by atoms with E-state index < -0.39 is 7.32 Å². The van der Waals surface area contributed by atoms with Crippen molar-refractivity contribution >= 4 is 24.8 Å². The second-order valence-electron chi connectivity index (χ2n) is 8.59. The van der Waals surface area contributed by atoms with Crippen molar-refractivity contribution in [2.45, 2.75) is 57.3 Å². The topological polar surface area (TPSA) is 138 Å². The van der Waals surface area contributed by atoms with Crippen LogP contribution in [0.4, 0.5) is 0 Å². The van der Waals surface area contributed by atoms with Crippen LogP contribution >= 0.6 is 11.6 Å². The summed E-state index contributed by atoms with van der Waals surface area (Å²) >= 11 is 5.91. The van der Waals surface area contributed by atoms with Crippen molar-refractivity contribution in [3.8, 4) is 0 Å². The number of halogens is 1. The first-order valence-electron chi connectivity index (χ1n) is 11.6. The molecule has 0 radical (unpaired) electrons. The molecule has 1 aromatic heterocycles. The van der Waals surface area contributed by atoms with Crippen LogP contribution in [0.25, 0.3) is 0 Å². The van der Waals surface area contributed by atoms with Crippen molar-refractivity contribution in [1.82, 2.24) is 35.7 Å². The summed E-state index contributed by atoms with van der Waals surface area (Å²) in [6, 6.07) is 7.51. The molecule has 2 heterocycles. The van der Waals surface area contributed by atoms with Crippen molar-refractivity contribution in [2.75, 3.05) is 26.7 Å². The summed E-state index contributed by atoms with van der Waals surface area (Å²) in [4.78, 5) is 14.9. The molecule has 13 heteroatoms. The van der Waals surface area contributed by atoms with Crippen molar-refractivity contribution in [2.24, 2.45) is 0 Å². The van der Waals surface area contributed by atoms with Gasteiger partial charge < -0.3 is 30.2 Å². The van der Waals surface area contributed by atoms with Crippen LogP contribution in [0.1, 0.15) is 49.5 Å². The molecule has 11 nitrogen and oxygen atoms in total. The fourth-order valence-electron chi connectivity index (χ4n) is 3.95. The van der Waals surface area contributed by atoms with Gasteiger partial charge >= 0.3 is 7.32 Å². The minimum atomic E-state index is -1.76. The average Bonchev–Trinajstić information content (AvgIpc) is 3.26. The van der Waals surface area contributed by atoms with Gasteiger partial charge in [0.05, 0.1) is 6.04 Å². The summed E-state index contributed by atoms with van der Waals surface area (Å²) in [5.74, 6) is 0.426. The highest BCUT2D eigenvalue weighted by molar-refractivity contribution is 6.32. The first-order valence-corrected chi connectivity index (χ1v) is 12.0. The van der Waals surface area contributed by atoms with E-state index in [4.69, 9.17) is 26.3 Å². The molecule has 1 unspecified atom stereocenters. The number of unbranched alkanes of at least 4 members (excludes halogenated alkanes) is 1. The van der Waals surface area contributed by atoms with Crippen molar-refractivity contribution in [3.63, 3.8) is 0 Å². The molecule has 1 fully saturated rings. The second-order valence-corrected chi connectivity index (χ2v) is 9.02. The fraction of sp³-hybridized carbons (Fsp3) is 0.619. The van der Waals surface area contributed by atoms with Gasteiger partial charge in [-0.15, -0.1) is 5.10 Å². The van der Waals surface area contributed by atoms with Crippen LogP contribution in [0.3, 0.4) is 0 Å². The number of carbonyl (C=O) groups is 1. The van der Waals surface area contributed by atoms with Gasteiger partial charge in [-0.05, 0) is 80.4 Å². The number of tetrazole rings is 1. The molecule has 3 rings (SSSR count). The Morgan fingerprint density at radius 1 is 1.26 bits per heavy atom. The Kier molecular flexibility index (Phi) is 10.7. The first kappa shape index (κ1) is 26.5. The maximum Gasteiger partial charge on any atom is 0.633 e. The Morgan fingerprint density at radius 2 is 2.00 bits per heavy atom. The van der Waals surface area contributed by atoms with Crippen LogP contribution in [-0.4, -0.2) is 81.2 Å². The number of hydrogen-bond donors (Lipinski definition) is 4. The van der Waals surface area contributed by atoms with Crippen LogP contribution in [0.2, 0.25) is 5.02 Å². The van der Waals surface area contributed by atoms with E-state index in [-0.39, 0.29) is 25.1 Å². The van der Waals surface area contributed by atoms with Crippen LogP contribution in [0, 0.1) is 0 Å². The SMILES string of the molecule is CN1CCC(NC(CCCCOB(O)O)c2nnnn2CC(=O)NCc2ccc(Cl)cc2)CC1. The minimum Gasteiger partial charge on any atom is -0.402 e. The highest BCUT2D eigenvalue weighted by Gasteiger charge is 2.25. The van der Waals surface area contributed by atoms with Crippen molar-refractivity contribution in [3.05, 3.63) is 40.7 Å². The molecule has 2 aromatic rings. The Bertz CT molecular complexity index is 878. The number of amides is 1. The Hall–Kier alpha value is -2.09. The summed E-state index contributed by atoms with van der Waals surface area (Å²) in [6.45, 7) is 2.69. The number of hydrogen-bond acceptors (Lipinski definition) is 9. The quantitative estimate of drug-likeness (QED) is 0.232. The number of nitrogens with one attached hydrogen (secondary N) is 2. The molecular formula is C21H33BClN7O4. The molecule has 186 valence electrons. The lowest BCUT2D eigenvalue weighted by Crippen LogP contribution is -2.43. The maximum absolute atomic E-state index is 12.6. The predicted molar refractivity (Wildman–Crippen MR) is 128 cm³/mol. The van der Waals surface area contributed by atoms with E-state index >= 15 is 0 Å². The molecule has 0 aliphatic carbocycles. The van der Waals surface area contributed by atoms with E-state index in [9.17, 15) is 4.79 Å². The third kappa shape index (κ3) is 8.93. The monoisotopic (exact) mass is 493 g/mol. The van der Waals surface area contributed by atoms with Gasteiger partial charge in [0.25, 0.3) is 0 Å². The van der Waals surface area contributed by atoms with Crippen LogP contribution < -0.4 is 10.6 Å². The maximum atomic E-state index is 12.6. The number of likely N-dealkylation sites (tertiary alicyclic amines) is 1. The number of rotatable bonds is 13. The molecular weight excluding hydrogens is 461 g/mol. The number of benzene rings is 1. The summed E-state index contributed by atoms with van der Waals surface area (Å²) in [6.07, 6.45) is 4.20. The van der Waals surface area contributed by atoms with E-state index in [1.54, 1.807) is 12.1 Å². The molecule has 1 atom stereocenters. The Morgan fingerprint density at radius 3 is 2.71 bits per heavy atom. The molecule has 1 amide bonds. The molecule has 4 N–H and O–H groups in total. The van der Waals surface area contributed by atoms with E-state index in [0.717, 1.165) is 44.3 Å². The normalized spacial score (nSPS) is 15.9. The highest BCUT2D eigenvalue weighted by Crippen LogP contribution is 2.21. The molecule has 0 spiro atoms. The largest absolute Gasteiger partial charge is 0.633 e. The van der Waals surface area contributed by atoms with E-state index in [1.165, 1.54) is 4.68 Å². The van der Waals surface area contributed by atoms with Crippen LogP contribution in [-0.2, 0) is 22.5 Å². The lowest BCUT2D eigenvalue weighted by Gasteiger charge is -2.32. The molecule has 1 aliphatic heterocycles. The zero-order valence-corrected chi connectivity index (χ0v) is 20.2. The van der Waals surface area contributed by atoms with E-state index in [0.29, 0.717) is 29.9 Å². The average molecular weight is 494 g/mol. The van der Waals surface area contributed by atoms with Crippen LogP contribution in [0.5, 0.6) is 0 Å². The third-order valence-electron chi connectivity index (χ3n) is 5.88. The van der Waals surface area contributed by atoms with Crippen LogP contribution in [0.15, 0.2) is 24.3 Å². The number of aromatic nitrogens is 4. The zero-order valence-electron chi connectivity index (χ0n) is 19.4. The Labute approximate surface area is 205 Å². The summed E-state index contributed by atoms with van der Waals surface area (Å²) < 4.78 is 6.34. The lowest BCUT2D eigenvalue weighted by molar-refractivity contribution is -0.122. The van der Waals surface area contributed by atoms with Crippen molar-refractivity contribution < 1.29 is 19.5 Å². The van der Waals surface area contributed by atoms with Crippen molar-refractivity contribution in [1.29, 1.82) is 0 Å². The van der Waals surface area contributed by atoms with Gasteiger partial charge in [0.2, 0.25) is 5.91 Å². The van der Waals surface area contributed by atoms with Gasteiger partial charge in [-0.2, -0.15) is 0 Å². The molecule has 1 aliphatic rings. The second kappa shape index (κ2) is 13.7. The molecule has 0 bridgehead atoms. The number of piperidine rings is 1. The smallest absolute Gasteiger partial charge is 0.402 e. The standard InChI is InChI=1S/C21H33BClN7O4/c1-29-11-9-18(10-12-29)25-19(4-2-3-13-34-22(32)33)21-26-27-28-30(21)15-20(31)24-14-16-5-7-17(23)8-6-16/h5-8,18-19,25,32-33H,2-4,9-15H2,1H3,(H,24,31). The van der Waals surface area contributed by atoms with Gasteiger partial charge in [-0.1, -0.05) is 23.7 Å². The highest BCUT2D eigenvalue weighted by atomic mass is 35.5. The fourth-order valence-corrected chi connectivity index (χ4v) is 4.08. The van der Waals surface area contributed by atoms with Gasteiger partial charge in [0.15, 0.2) is 5.82 Å². The van der Waals surface area contributed by atoms with Gasteiger partial charge in [-0.25, -0.2) is 4.68 Å². The lowest BCUT2D eigenvalue weighted by atomic mass is 10.0. The molecule has 1 aromatic carbocycles. The van der Waals surface area contributed by atoms with E-state index in [1.807, 2.05) is 12.1 Å². The zero-order chi connectivity index (χ0) is 24.3. The minimum absolute atomic E-state index is 0.0152. The summed E-state index contributed by atoms with van der Waals surface area (Å²) in [5.41, 5.74) is 0.951. The predicted octanol–water partition coefficient (Wildman–Crippen LogP) is 0.524. The number of carbonyl (C=O) groups excluding carboxylic acids is 1. The molecule has 1 saturated heterocycles. The van der Waals surface area contributed by atoms with Gasteiger partial charge in [0.1, 0.15) is 6.54 Å². The van der Waals surface area contributed by atoms with E-state index in [2.05, 4.69) is 38.1 Å². The molecule has 0 saturated carbocycles.